The second kappa shape index (κ2) is 8.63. The van der Waals surface area contributed by atoms with Gasteiger partial charge in [0.05, 0.1) is 13.2 Å². The maximum atomic E-state index is 12.2. The first-order valence-corrected chi connectivity index (χ1v) is 6.95. The van der Waals surface area contributed by atoms with Gasteiger partial charge in [0.1, 0.15) is 12.3 Å². The Morgan fingerprint density at radius 3 is 2.41 bits per heavy atom. The van der Waals surface area contributed by atoms with E-state index in [-0.39, 0.29) is 6.54 Å². The average Bonchev–Trinajstić information content (AvgIpc) is 2.43. The quantitative estimate of drug-likeness (QED) is 0.690. The van der Waals surface area contributed by atoms with E-state index in [2.05, 4.69) is 0 Å². The molecule has 4 nitrogen and oxygen atoms in total. The molecule has 1 aromatic carbocycles. The first-order valence-electron chi connectivity index (χ1n) is 6.95. The maximum absolute atomic E-state index is 12.2. The fraction of sp³-hybridized carbons (Fsp3) is 0.533. The van der Waals surface area contributed by atoms with E-state index < -0.39 is 18.6 Å². The zero-order chi connectivity index (χ0) is 16.6. The summed E-state index contributed by atoms with van der Waals surface area (Å²) in [6.07, 6.45) is -3.69. The van der Waals surface area contributed by atoms with Crippen molar-refractivity contribution in [3.8, 4) is 5.75 Å². The highest BCUT2D eigenvalue weighted by Crippen LogP contribution is 2.15. The van der Waals surface area contributed by atoms with Crippen LogP contribution in [0.5, 0.6) is 5.75 Å². The van der Waals surface area contributed by atoms with Gasteiger partial charge in [0.2, 0.25) is 5.91 Å². The molecule has 1 rings (SSSR count). The van der Waals surface area contributed by atoms with Gasteiger partial charge in [-0.25, -0.2) is 0 Å². The summed E-state index contributed by atoms with van der Waals surface area (Å²) in [7, 11) is 2.85. The molecule has 0 unspecified atom stereocenters. The van der Waals surface area contributed by atoms with Gasteiger partial charge in [-0.05, 0) is 25.6 Å². The highest BCUT2D eigenvalue weighted by atomic mass is 19.4. The van der Waals surface area contributed by atoms with Gasteiger partial charge in [0.25, 0.3) is 0 Å². The Kier molecular flexibility index (Phi) is 7.17. The predicted molar refractivity (Wildman–Crippen MR) is 77.7 cm³/mol. The minimum absolute atomic E-state index is 0.0437. The van der Waals surface area contributed by atoms with Gasteiger partial charge in [0, 0.05) is 13.6 Å². The Bertz CT molecular complexity index is 452. The SMILES string of the molecule is CN(CCCOc1ccccc1)CC(=O)N(C)CC(F)(F)F. The van der Waals surface area contributed by atoms with Gasteiger partial charge >= 0.3 is 6.18 Å². The third kappa shape index (κ3) is 7.87. The Hall–Kier alpha value is -1.76. The molecule has 0 atom stereocenters. The largest absolute Gasteiger partial charge is 0.494 e. The lowest BCUT2D eigenvalue weighted by molar-refractivity contribution is -0.158. The molecule has 7 heteroatoms. The molecule has 124 valence electrons. The van der Waals surface area contributed by atoms with Crippen molar-refractivity contribution < 1.29 is 22.7 Å². The minimum Gasteiger partial charge on any atom is -0.494 e. The van der Waals surface area contributed by atoms with Crippen LogP contribution in [0.2, 0.25) is 0 Å². The standard InChI is InChI=1S/C15H21F3N2O2/c1-19(11-14(21)20(2)12-15(16,17)18)9-6-10-22-13-7-4-3-5-8-13/h3-5,7-8H,6,9-12H2,1-2H3. The number of ether oxygens (including phenoxy) is 1. The van der Waals surface area contributed by atoms with E-state index in [0.717, 1.165) is 12.8 Å². The molecule has 0 fully saturated rings. The van der Waals surface area contributed by atoms with Crippen LogP contribution in [0.15, 0.2) is 30.3 Å². The van der Waals surface area contributed by atoms with Crippen molar-refractivity contribution >= 4 is 5.91 Å². The molecule has 0 spiro atoms. The molecule has 1 amide bonds. The summed E-state index contributed by atoms with van der Waals surface area (Å²) in [6.45, 7) is -0.214. The number of nitrogens with zero attached hydrogens (tertiary/aromatic N) is 2. The topological polar surface area (TPSA) is 32.8 Å². The third-order valence-electron chi connectivity index (χ3n) is 2.94. The molecule has 0 radical (unpaired) electrons. The lowest BCUT2D eigenvalue weighted by Gasteiger charge is -2.22. The molecule has 1 aromatic rings. The number of amides is 1. The predicted octanol–water partition coefficient (Wildman–Crippen LogP) is 2.41. The van der Waals surface area contributed by atoms with Crippen LogP contribution in [0.3, 0.4) is 0 Å². The zero-order valence-corrected chi connectivity index (χ0v) is 12.8. The molecule has 0 aromatic heterocycles. The summed E-state index contributed by atoms with van der Waals surface area (Å²) in [6, 6.07) is 9.33. The van der Waals surface area contributed by atoms with Crippen molar-refractivity contribution in [3.63, 3.8) is 0 Å². The summed E-state index contributed by atoms with van der Waals surface area (Å²) >= 11 is 0. The number of halogens is 3. The molecule has 0 aliphatic carbocycles. The average molecular weight is 318 g/mol. The molecule has 0 heterocycles. The van der Waals surface area contributed by atoms with Gasteiger partial charge in [-0.15, -0.1) is 0 Å². The molecule has 0 aliphatic rings. The second-order valence-electron chi connectivity index (χ2n) is 5.12. The number of hydrogen-bond donors (Lipinski definition) is 0. The van der Waals surface area contributed by atoms with Crippen molar-refractivity contribution in [1.82, 2.24) is 9.80 Å². The lowest BCUT2D eigenvalue weighted by Crippen LogP contribution is -2.41. The van der Waals surface area contributed by atoms with E-state index in [1.54, 1.807) is 11.9 Å². The Morgan fingerprint density at radius 1 is 1.18 bits per heavy atom. The van der Waals surface area contributed by atoms with Crippen LogP contribution in [-0.2, 0) is 4.79 Å². The molecule has 0 bridgehead atoms. The van der Waals surface area contributed by atoms with Crippen molar-refractivity contribution in [2.24, 2.45) is 0 Å². The number of carbonyl (C=O) groups excluding carboxylic acids is 1. The maximum Gasteiger partial charge on any atom is 0.406 e. The lowest BCUT2D eigenvalue weighted by atomic mass is 10.3. The molecule has 0 saturated heterocycles. The van der Waals surface area contributed by atoms with Crippen LogP contribution in [-0.4, -0.2) is 62.2 Å². The highest BCUT2D eigenvalue weighted by molar-refractivity contribution is 5.78. The van der Waals surface area contributed by atoms with E-state index in [9.17, 15) is 18.0 Å². The van der Waals surface area contributed by atoms with Crippen LogP contribution in [0.1, 0.15) is 6.42 Å². The van der Waals surface area contributed by atoms with Crippen molar-refractivity contribution in [1.29, 1.82) is 0 Å². The molecule has 0 N–H and O–H groups in total. The molecular weight excluding hydrogens is 297 g/mol. The van der Waals surface area contributed by atoms with E-state index >= 15 is 0 Å². The molecular formula is C15H21F3N2O2. The fourth-order valence-electron chi connectivity index (χ4n) is 1.83. The summed E-state index contributed by atoms with van der Waals surface area (Å²) < 4.78 is 42.1. The van der Waals surface area contributed by atoms with Gasteiger partial charge < -0.3 is 9.64 Å². The third-order valence-corrected chi connectivity index (χ3v) is 2.94. The molecule has 0 saturated carbocycles. The van der Waals surface area contributed by atoms with E-state index in [0.29, 0.717) is 24.5 Å². The van der Waals surface area contributed by atoms with Crippen molar-refractivity contribution in [3.05, 3.63) is 30.3 Å². The first kappa shape index (κ1) is 18.3. The fourth-order valence-corrected chi connectivity index (χ4v) is 1.83. The number of para-hydroxylation sites is 1. The Labute approximate surface area is 128 Å². The number of alkyl halides is 3. The van der Waals surface area contributed by atoms with E-state index in [1.807, 2.05) is 30.3 Å². The zero-order valence-electron chi connectivity index (χ0n) is 12.8. The number of rotatable bonds is 8. The van der Waals surface area contributed by atoms with Crippen LogP contribution in [0, 0.1) is 0 Å². The smallest absolute Gasteiger partial charge is 0.406 e. The first-order chi connectivity index (χ1) is 10.3. The number of carbonyl (C=O) groups is 1. The van der Waals surface area contributed by atoms with Gasteiger partial charge in [-0.3, -0.25) is 9.69 Å². The van der Waals surface area contributed by atoms with Crippen molar-refractivity contribution in [2.45, 2.75) is 12.6 Å². The number of hydrogen-bond acceptors (Lipinski definition) is 3. The Balaban J connectivity index is 2.20. The summed E-state index contributed by atoms with van der Waals surface area (Å²) in [4.78, 5) is 14.0. The van der Waals surface area contributed by atoms with E-state index in [1.165, 1.54) is 0 Å². The van der Waals surface area contributed by atoms with Gasteiger partial charge in [-0.1, -0.05) is 18.2 Å². The van der Waals surface area contributed by atoms with Crippen LogP contribution in [0.4, 0.5) is 13.2 Å². The van der Waals surface area contributed by atoms with Crippen LogP contribution in [0.25, 0.3) is 0 Å². The molecule has 0 aliphatic heterocycles. The van der Waals surface area contributed by atoms with Crippen molar-refractivity contribution in [2.75, 3.05) is 40.3 Å². The normalized spacial score (nSPS) is 11.5. The van der Waals surface area contributed by atoms with Gasteiger partial charge in [0.15, 0.2) is 0 Å². The van der Waals surface area contributed by atoms with Crippen LogP contribution >= 0.6 is 0 Å². The highest BCUT2D eigenvalue weighted by Gasteiger charge is 2.31. The summed E-state index contributed by atoms with van der Waals surface area (Å²) in [5.74, 6) is 0.218. The Morgan fingerprint density at radius 2 is 1.82 bits per heavy atom. The minimum atomic E-state index is -4.37. The number of benzene rings is 1. The van der Waals surface area contributed by atoms with Gasteiger partial charge in [-0.2, -0.15) is 13.2 Å². The second-order valence-corrected chi connectivity index (χ2v) is 5.12. The summed E-state index contributed by atoms with van der Waals surface area (Å²) in [5, 5.41) is 0. The number of likely N-dealkylation sites (N-methyl/N-ethyl adjacent to an activating group) is 2. The monoisotopic (exact) mass is 318 g/mol. The summed E-state index contributed by atoms with van der Waals surface area (Å²) in [5.41, 5.74) is 0. The van der Waals surface area contributed by atoms with Crippen LogP contribution < -0.4 is 4.74 Å². The molecule has 22 heavy (non-hydrogen) atoms. The van der Waals surface area contributed by atoms with E-state index in [4.69, 9.17) is 4.74 Å².